The molecule has 18 heavy (non-hydrogen) atoms. The van der Waals surface area contributed by atoms with Gasteiger partial charge >= 0.3 is 0 Å². The molecule has 2 saturated carbocycles. The summed E-state index contributed by atoms with van der Waals surface area (Å²) < 4.78 is 0. The minimum absolute atomic E-state index is 0.213. The Morgan fingerprint density at radius 1 is 1.22 bits per heavy atom. The normalized spacial score (nSPS) is 22.8. The Bertz CT molecular complexity index is 270. The molecule has 3 heteroatoms. The molecule has 3 nitrogen and oxygen atoms in total. The first-order chi connectivity index (χ1) is 8.72. The molecule has 0 bridgehead atoms. The molecule has 0 aromatic carbocycles. The molecule has 0 aromatic heterocycles. The van der Waals surface area contributed by atoms with Gasteiger partial charge in [-0.15, -0.1) is 0 Å². The number of nitrogens with zero attached hydrogens (tertiary/aromatic N) is 1. The summed E-state index contributed by atoms with van der Waals surface area (Å²) in [7, 11) is 0. The van der Waals surface area contributed by atoms with Gasteiger partial charge in [-0.2, -0.15) is 0 Å². The van der Waals surface area contributed by atoms with E-state index in [2.05, 4.69) is 11.8 Å². The summed E-state index contributed by atoms with van der Waals surface area (Å²) in [5.41, 5.74) is 6.01. The molecule has 2 fully saturated rings. The Hall–Kier alpha value is -0.570. The lowest BCUT2D eigenvalue weighted by atomic mass is 9.88. The van der Waals surface area contributed by atoms with E-state index in [4.69, 9.17) is 5.73 Å². The summed E-state index contributed by atoms with van der Waals surface area (Å²) in [6.07, 6.45) is 10.9. The van der Waals surface area contributed by atoms with Gasteiger partial charge in [-0.25, -0.2) is 0 Å². The summed E-state index contributed by atoms with van der Waals surface area (Å²) in [6.45, 7) is 3.07. The number of hydrogen-bond acceptors (Lipinski definition) is 2. The van der Waals surface area contributed by atoms with Crippen molar-refractivity contribution in [3.63, 3.8) is 0 Å². The highest BCUT2D eigenvalue weighted by Crippen LogP contribution is 2.31. The van der Waals surface area contributed by atoms with Gasteiger partial charge in [-0.05, 0) is 38.0 Å². The number of nitrogens with two attached hydrogens (primary N) is 1. The minimum Gasteiger partial charge on any atom is -0.338 e. The Balaban J connectivity index is 1.88. The van der Waals surface area contributed by atoms with E-state index >= 15 is 0 Å². The van der Waals surface area contributed by atoms with Gasteiger partial charge in [0, 0.05) is 12.6 Å². The molecule has 2 aliphatic carbocycles. The Morgan fingerprint density at radius 3 is 2.44 bits per heavy atom. The summed E-state index contributed by atoms with van der Waals surface area (Å²) in [4.78, 5) is 14.5. The molecule has 0 radical (unpaired) electrons. The van der Waals surface area contributed by atoms with Crippen LogP contribution in [0.3, 0.4) is 0 Å². The molecule has 0 aromatic rings. The van der Waals surface area contributed by atoms with Crippen molar-refractivity contribution in [2.75, 3.05) is 6.54 Å². The Labute approximate surface area is 111 Å². The standard InChI is InChI=1S/C15H28N2O/c1-2-6-14(16)15(18)17(13-9-10-13)11-12-7-4-3-5-8-12/h12-14H,2-11,16H2,1H3/t14-/m0/s1. The maximum Gasteiger partial charge on any atom is 0.239 e. The fraction of sp³-hybridized carbons (Fsp3) is 0.933. The molecule has 0 aliphatic heterocycles. The van der Waals surface area contributed by atoms with Gasteiger partial charge in [-0.1, -0.05) is 32.6 Å². The van der Waals surface area contributed by atoms with Crippen LogP contribution in [0.1, 0.15) is 64.7 Å². The second-order valence-electron chi connectivity index (χ2n) is 6.12. The number of carbonyl (C=O) groups is 1. The molecular formula is C15H28N2O. The number of rotatable bonds is 6. The second kappa shape index (κ2) is 6.55. The van der Waals surface area contributed by atoms with Crippen LogP contribution in [0.15, 0.2) is 0 Å². The SMILES string of the molecule is CCC[C@H](N)C(=O)N(CC1CCCCC1)C1CC1. The first kappa shape index (κ1) is 13.9. The van der Waals surface area contributed by atoms with E-state index < -0.39 is 0 Å². The van der Waals surface area contributed by atoms with E-state index in [0.717, 1.165) is 25.3 Å². The van der Waals surface area contributed by atoms with Crippen LogP contribution in [-0.4, -0.2) is 29.4 Å². The van der Waals surface area contributed by atoms with Crippen LogP contribution < -0.4 is 5.73 Å². The monoisotopic (exact) mass is 252 g/mol. The second-order valence-corrected chi connectivity index (χ2v) is 6.12. The summed E-state index contributed by atoms with van der Waals surface area (Å²) >= 11 is 0. The predicted molar refractivity (Wildman–Crippen MR) is 74.2 cm³/mol. The molecule has 2 N–H and O–H groups in total. The Morgan fingerprint density at radius 2 is 1.89 bits per heavy atom. The summed E-state index contributed by atoms with van der Waals surface area (Å²) in [6, 6.07) is 0.251. The van der Waals surface area contributed by atoms with Crippen LogP contribution in [0.25, 0.3) is 0 Å². The van der Waals surface area contributed by atoms with Crippen molar-refractivity contribution in [2.45, 2.75) is 76.8 Å². The lowest BCUT2D eigenvalue weighted by Gasteiger charge is -2.31. The van der Waals surface area contributed by atoms with Crippen molar-refractivity contribution < 1.29 is 4.79 Å². The van der Waals surface area contributed by atoms with Gasteiger partial charge in [0.25, 0.3) is 0 Å². The first-order valence-electron chi connectivity index (χ1n) is 7.78. The fourth-order valence-corrected chi connectivity index (χ4v) is 3.10. The van der Waals surface area contributed by atoms with Crippen molar-refractivity contribution in [1.82, 2.24) is 4.90 Å². The molecule has 0 saturated heterocycles. The van der Waals surface area contributed by atoms with E-state index in [1.165, 1.54) is 44.9 Å². The van der Waals surface area contributed by atoms with Gasteiger partial charge in [0.1, 0.15) is 0 Å². The fourth-order valence-electron chi connectivity index (χ4n) is 3.10. The van der Waals surface area contributed by atoms with Gasteiger partial charge < -0.3 is 10.6 Å². The number of amides is 1. The lowest BCUT2D eigenvalue weighted by Crippen LogP contribution is -2.47. The molecule has 2 aliphatic rings. The largest absolute Gasteiger partial charge is 0.338 e. The number of carbonyl (C=O) groups excluding carboxylic acids is 1. The van der Waals surface area contributed by atoms with Crippen LogP contribution in [0.4, 0.5) is 0 Å². The van der Waals surface area contributed by atoms with E-state index in [0.29, 0.717) is 6.04 Å². The maximum atomic E-state index is 12.4. The quantitative estimate of drug-likeness (QED) is 0.790. The summed E-state index contributed by atoms with van der Waals surface area (Å²) in [5.74, 6) is 0.946. The van der Waals surface area contributed by atoms with Gasteiger partial charge in [-0.3, -0.25) is 4.79 Å². The highest BCUT2D eigenvalue weighted by atomic mass is 16.2. The molecule has 1 amide bonds. The van der Waals surface area contributed by atoms with Gasteiger partial charge in [0.05, 0.1) is 6.04 Å². The number of hydrogen-bond donors (Lipinski definition) is 1. The first-order valence-corrected chi connectivity index (χ1v) is 7.78. The smallest absolute Gasteiger partial charge is 0.239 e. The van der Waals surface area contributed by atoms with Crippen LogP contribution in [0.5, 0.6) is 0 Å². The molecule has 0 spiro atoms. The van der Waals surface area contributed by atoms with E-state index in [1.54, 1.807) is 0 Å². The van der Waals surface area contributed by atoms with Crippen molar-refractivity contribution in [3.05, 3.63) is 0 Å². The lowest BCUT2D eigenvalue weighted by molar-refractivity contribution is -0.134. The average molecular weight is 252 g/mol. The minimum atomic E-state index is -0.265. The average Bonchev–Trinajstić information content (AvgIpc) is 3.21. The van der Waals surface area contributed by atoms with Crippen molar-refractivity contribution in [3.8, 4) is 0 Å². The van der Waals surface area contributed by atoms with E-state index in [1.807, 2.05) is 0 Å². The maximum absolute atomic E-state index is 12.4. The highest BCUT2D eigenvalue weighted by Gasteiger charge is 2.35. The van der Waals surface area contributed by atoms with Crippen LogP contribution in [0, 0.1) is 5.92 Å². The molecule has 1 atom stereocenters. The van der Waals surface area contributed by atoms with E-state index in [9.17, 15) is 4.79 Å². The topological polar surface area (TPSA) is 46.3 Å². The van der Waals surface area contributed by atoms with Crippen LogP contribution in [-0.2, 0) is 4.79 Å². The predicted octanol–water partition coefficient (Wildman–Crippen LogP) is 2.69. The molecular weight excluding hydrogens is 224 g/mol. The van der Waals surface area contributed by atoms with E-state index in [-0.39, 0.29) is 11.9 Å². The summed E-state index contributed by atoms with van der Waals surface area (Å²) in [5, 5.41) is 0. The zero-order valence-corrected chi connectivity index (χ0v) is 11.7. The van der Waals surface area contributed by atoms with Crippen molar-refractivity contribution in [1.29, 1.82) is 0 Å². The highest BCUT2D eigenvalue weighted by molar-refractivity contribution is 5.82. The third-order valence-corrected chi connectivity index (χ3v) is 4.37. The van der Waals surface area contributed by atoms with Crippen LogP contribution >= 0.6 is 0 Å². The third-order valence-electron chi connectivity index (χ3n) is 4.37. The zero-order valence-electron chi connectivity index (χ0n) is 11.7. The third kappa shape index (κ3) is 3.71. The Kier molecular flexibility index (Phi) is 5.04. The van der Waals surface area contributed by atoms with Crippen LogP contribution in [0.2, 0.25) is 0 Å². The molecule has 0 unspecified atom stereocenters. The zero-order chi connectivity index (χ0) is 13.0. The van der Waals surface area contributed by atoms with Crippen molar-refractivity contribution >= 4 is 5.91 Å². The molecule has 2 rings (SSSR count). The molecule has 104 valence electrons. The molecule has 0 heterocycles. The van der Waals surface area contributed by atoms with Gasteiger partial charge in [0.2, 0.25) is 5.91 Å². The van der Waals surface area contributed by atoms with Gasteiger partial charge in [0.15, 0.2) is 0 Å². The van der Waals surface area contributed by atoms with Crippen molar-refractivity contribution in [2.24, 2.45) is 11.7 Å².